The Kier molecular flexibility index (Phi) is 4.73. The molecule has 0 spiro atoms. The summed E-state index contributed by atoms with van der Waals surface area (Å²) in [5.41, 5.74) is 7.77. The van der Waals surface area contributed by atoms with Crippen LogP contribution in [-0.4, -0.2) is 35.4 Å². The first-order chi connectivity index (χ1) is 9.49. The number of likely N-dealkylation sites (N-methyl/N-ethyl adjacent to an activating group) is 1. The maximum Gasteiger partial charge on any atom is 0.241 e. The summed E-state index contributed by atoms with van der Waals surface area (Å²) in [7, 11) is 1.95. The fourth-order valence-corrected chi connectivity index (χ4v) is 2.64. The third-order valence-electron chi connectivity index (χ3n) is 3.84. The van der Waals surface area contributed by atoms with Crippen LogP contribution in [0.4, 0.5) is 5.69 Å². The SMILES string of the molecule is CC(CN(C)C1CCc2ccccc2NC1=O)C(N)=S. The van der Waals surface area contributed by atoms with Crippen molar-refractivity contribution >= 4 is 28.8 Å². The molecule has 2 atom stereocenters. The molecule has 4 nitrogen and oxygen atoms in total. The zero-order valence-electron chi connectivity index (χ0n) is 11.9. The van der Waals surface area contributed by atoms with Gasteiger partial charge in [0.1, 0.15) is 0 Å². The van der Waals surface area contributed by atoms with E-state index in [1.54, 1.807) is 0 Å². The van der Waals surface area contributed by atoms with Gasteiger partial charge in [0, 0.05) is 18.2 Å². The van der Waals surface area contributed by atoms with E-state index in [2.05, 4.69) is 11.4 Å². The minimum Gasteiger partial charge on any atom is -0.393 e. The number of rotatable bonds is 4. The van der Waals surface area contributed by atoms with Gasteiger partial charge in [-0.2, -0.15) is 0 Å². The Morgan fingerprint density at radius 2 is 2.25 bits per heavy atom. The molecule has 1 aliphatic heterocycles. The van der Waals surface area contributed by atoms with Gasteiger partial charge < -0.3 is 11.1 Å². The molecule has 0 saturated heterocycles. The first-order valence-corrected chi connectivity index (χ1v) is 7.28. The van der Waals surface area contributed by atoms with Crippen LogP contribution >= 0.6 is 12.2 Å². The summed E-state index contributed by atoms with van der Waals surface area (Å²) < 4.78 is 0. The normalized spacial score (nSPS) is 19.9. The molecule has 0 bridgehead atoms. The van der Waals surface area contributed by atoms with Crippen LogP contribution in [0.25, 0.3) is 0 Å². The summed E-state index contributed by atoms with van der Waals surface area (Å²) in [6, 6.07) is 7.82. The molecule has 1 heterocycles. The molecule has 1 aromatic rings. The molecule has 108 valence electrons. The third kappa shape index (κ3) is 3.35. The van der Waals surface area contributed by atoms with Crippen LogP contribution < -0.4 is 11.1 Å². The number of hydrogen-bond acceptors (Lipinski definition) is 3. The number of fused-ring (bicyclic) bond motifs is 1. The van der Waals surface area contributed by atoms with Crippen LogP contribution in [0, 0.1) is 5.92 Å². The first kappa shape index (κ1) is 14.9. The van der Waals surface area contributed by atoms with E-state index in [0.717, 1.165) is 18.5 Å². The second kappa shape index (κ2) is 6.33. The minimum atomic E-state index is -0.140. The largest absolute Gasteiger partial charge is 0.393 e. The number of hydrogen-bond donors (Lipinski definition) is 2. The molecule has 1 amide bonds. The number of nitrogens with two attached hydrogens (primary N) is 1. The number of nitrogens with zero attached hydrogens (tertiary/aromatic N) is 1. The van der Waals surface area contributed by atoms with Gasteiger partial charge in [0.2, 0.25) is 5.91 Å². The van der Waals surface area contributed by atoms with Crippen LogP contribution in [-0.2, 0) is 11.2 Å². The van der Waals surface area contributed by atoms with E-state index in [1.807, 2.05) is 37.1 Å². The lowest BCUT2D eigenvalue weighted by molar-refractivity contribution is -0.121. The second-order valence-corrected chi connectivity index (χ2v) is 5.92. The fourth-order valence-electron chi connectivity index (χ4n) is 2.57. The maximum absolute atomic E-state index is 12.4. The van der Waals surface area contributed by atoms with Gasteiger partial charge in [-0.15, -0.1) is 0 Å². The average Bonchev–Trinajstić information content (AvgIpc) is 2.56. The fraction of sp³-hybridized carbons (Fsp3) is 0.467. The second-order valence-electron chi connectivity index (χ2n) is 5.44. The number of amides is 1. The topological polar surface area (TPSA) is 58.4 Å². The van der Waals surface area contributed by atoms with Crippen LogP contribution in [0.1, 0.15) is 18.9 Å². The quantitative estimate of drug-likeness (QED) is 0.831. The Bertz CT molecular complexity index is 518. The van der Waals surface area contributed by atoms with E-state index in [9.17, 15) is 4.79 Å². The molecule has 0 saturated carbocycles. The van der Waals surface area contributed by atoms with Gasteiger partial charge in [0.05, 0.1) is 11.0 Å². The summed E-state index contributed by atoms with van der Waals surface area (Å²) in [5, 5.41) is 3.01. The van der Waals surface area contributed by atoms with Crippen molar-refractivity contribution in [3.05, 3.63) is 29.8 Å². The molecular weight excluding hydrogens is 270 g/mol. The van der Waals surface area contributed by atoms with E-state index in [0.29, 0.717) is 11.5 Å². The highest BCUT2D eigenvalue weighted by Crippen LogP contribution is 2.23. The predicted octanol–water partition coefficient (Wildman–Crippen LogP) is 1.79. The number of para-hydroxylation sites is 1. The van der Waals surface area contributed by atoms with Gasteiger partial charge in [-0.3, -0.25) is 9.69 Å². The van der Waals surface area contributed by atoms with Crippen LogP contribution in [0.5, 0.6) is 0 Å². The number of anilines is 1. The number of carbonyl (C=O) groups is 1. The molecular formula is C15H21N3OS. The summed E-state index contributed by atoms with van der Waals surface area (Å²) in [6.07, 6.45) is 1.70. The number of aryl methyl sites for hydroxylation is 1. The lowest BCUT2D eigenvalue weighted by Crippen LogP contribution is -2.44. The first-order valence-electron chi connectivity index (χ1n) is 6.87. The van der Waals surface area contributed by atoms with Crippen molar-refractivity contribution in [2.45, 2.75) is 25.8 Å². The zero-order valence-corrected chi connectivity index (χ0v) is 12.7. The summed E-state index contributed by atoms with van der Waals surface area (Å²) in [6.45, 7) is 2.69. The number of thiocarbonyl (C=S) groups is 1. The van der Waals surface area contributed by atoms with Gasteiger partial charge >= 0.3 is 0 Å². The van der Waals surface area contributed by atoms with Gasteiger partial charge in [-0.1, -0.05) is 37.3 Å². The van der Waals surface area contributed by atoms with Gasteiger partial charge in [0.15, 0.2) is 0 Å². The van der Waals surface area contributed by atoms with E-state index in [4.69, 9.17) is 18.0 Å². The van der Waals surface area contributed by atoms with Crippen LogP contribution in [0.15, 0.2) is 24.3 Å². The molecule has 2 unspecified atom stereocenters. The molecule has 0 aliphatic carbocycles. The summed E-state index contributed by atoms with van der Waals surface area (Å²) in [5.74, 6) is 0.154. The Labute approximate surface area is 125 Å². The average molecular weight is 291 g/mol. The summed E-state index contributed by atoms with van der Waals surface area (Å²) >= 11 is 5.00. The minimum absolute atomic E-state index is 0.0487. The molecule has 1 aromatic carbocycles. The van der Waals surface area contributed by atoms with Crippen molar-refractivity contribution in [3.63, 3.8) is 0 Å². The van der Waals surface area contributed by atoms with Gasteiger partial charge in [-0.25, -0.2) is 0 Å². The van der Waals surface area contributed by atoms with Crippen LogP contribution in [0.3, 0.4) is 0 Å². The van der Waals surface area contributed by atoms with Crippen LogP contribution in [0.2, 0.25) is 0 Å². The van der Waals surface area contributed by atoms with Crippen molar-refractivity contribution in [1.29, 1.82) is 0 Å². The molecule has 2 rings (SSSR count). The predicted molar refractivity (Wildman–Crippen MR) is 85.8 cm³/mol. The Morgan fingerprint density at radius 3 is 2.95 bits per heavy atom. The van der Waals surface area contributed by atoms with Crippen molar-refractivity contribution in [2.24, 2.45) is 11.7 Å². The van der Waals surface area contributed by atoms with E-state index in [1.165, 1.54) is 5.56 Å². The Hall–Kier alpha value is -1.46. The molecule has 20 heavy (non-hydrogen) atoms. The van der Waals surface area contributed by atoms with E-state index in [-0.39, 0.29) is 17.9 Å². The van der Waals surface area contributed by atoms with E-state index >= 15 is 0 Å². The molecule has 0 aromatic heterocycles. The molecule has 3 N–H and O–H groups in total. The smallest absolute Gasteiger partial charge is 0.241 e. The third-order valence-corrected chi connectivity index (χ3v) is 4.25. The van der Waals surface area contributed by atoms with Crippen molar-refractivity contribution in [3.8, 4) is 0 Å². The highest BCUT2D eigenvalue weighted by atomic mass is 32.1. The highest BCUT2D eigenvalue weighted by molar-refractivity contribution is 7.80. The van der Waals surface area contributed by atoms with Gasteiger partial charge in [-0.05, 0) is 31.5 Å². The Balaban J connectivity index is 2.08. The number of nitrogens with one attached hydrogen (secondary N) is 1. The molecule has 0 fully saturated rings. The van der Waals surface area contributed by atoms with Crippen molar-refractivity contribution in [1.82, 2.24) is 4.90 Å². The molecule has 5 heteroatoms. The van der Waals surface area contributed by atoms with Gasteiger partial charge in [0.25, 0.3) is 0 Å². The standard InChI is InChI=1S/C15H21N3OS/c1-10(14(16)20)9-18(2)13-8-7-11-5-3-4-6-12(11)17-15(13)19/h3-6,10,13H,7-9H2,1-2H3,(H2,16,20)(H,17,19). The summed E-state index contributed by atoms with van der Waals surface area (Å²) in [4.78, 5) is 14.9. The molecule has 0 radical (unpaired) electrons. The number of benzene rings is 1. The maximum atomic E-state index is 12.4. The number of carbonyl (C=O) groups excluding carboxylic acids is 1. The lowest BCUT2D eigenvalue weighted by Gasteiger charge is -2.27. The highest BCUT2D eigenvalue weighted by Gasteiger charge is 2.27. The van der Waals surface area contributed by atoms with E-state index < -0.39 is 0 Å². The van der Waals surface area contributed by atoms with Crippen molar-refractivity contribution < 1.29 is 4.79 Å². The molecule has 1 aliphatic rings. The monoisotopic (exact) mass is 291 g/mol. The Morgan fingerprint density at radius 1 is 1.55 bits per heavy atom. The van der Waals surface area contributed by atoms with Crippen molar-refractivity contribution in [2.75, 3.05) is 18.9 Å². The lowest BCUT2D eigenvalue weighted by atomic mass is 10.0. The zero-order chi connectivity index (χ0) is 14.7.